The number of amides is 1. The number of unbranched alkanes of at least 4 members (excludes halogenated alkanes) is 67. The summed E-state index contributed by atoms with van der Waals surface area (Å²) in [6.07, 6.45) is 89.9. The number of aliphatic hydroxyl groups excluding tert-OH is 5. The second-order valence-corrected chi connectivity index (χ2v) is 31.3. The Morgan fingerprint density at radius 1 is 0.364 bits per heavy atom. The predicted molar refractivity (Wildman–Crippen MR) is 422 cm³/mol. The van der Waals surface area contributed by atoms with Crippen LogP contribution < -0.4 is 5.32 Å². The van der Waals surface area contributed by atoms with Gasteiger partial charge in [-0.25, -0.2) is 0 Å². The monoisotopic (exact) mass is 1400 g/mol. The van der Waals surface area contributed by atoms with Crippen molar-refractivity contribution in [2.45, 2.75) is 519 Å². The highest BCUT2D eigenvalue weighted by molar-refractivity contribution is 5.76. The van der Waals surface area contributed by atoms with Crippen molar-refractivity contribution < 1.29 is 49.3 Å². The first-order valence-corrected chi connectivity index (χ1v) is 44.5. The second-order valence-electron chi connectivity index (χ2n) is 31.3. The zero-order valence-corrected chi connectivity index (χ0v) is 66.0. The molecule has 1 fully saturated rings. The van der Waals surface area contributed by atoms with Gasteiger partial charge >= 0.3 is 5.97 Å². The lowest BCUT2D eigenvalue weighted by Gasteiger charge is -2.40. The molecule has 0 aromatic carbocycles. The van der Waals surface area contributed by atoms with Crippen molar-refractivity contribution >= 4 is 11.9 Å². The third kappa shape index (κ3) is 65.6. The Kier molecular flexibility index (Phi) is 74.7. The summed E-state index contributed by atoms with van der Waals surface area (Å²) in [7, 11) is 0. The first kappa shape index (κ1) is 95.4. The van der Waals surface area contributed by atoms with E-state index in [-0.39, 0.29) is 18.5 Å². The van der Waals surface area contributed by atoms with Crippen molar-refractivity contribution in [1.82, 2.24) is 5.32 Å². The number of aliphatic hydroxyl groups is 5. The standard InChI is InChI=1S/C88H171NO10/c1-3-5-7-9-11-13-15-17-19-43-48-52-56-60-64-68-72-76-84(93)97-77-73-69-65-61-57-53-49-45-42-40-38-36-34-32-30-28-26-24-22-20-21-23-25-27-29-31-33-35-37-39-41-44-47-51-55-59-63-67-71-75-83(92)89-80(79-98-88-87(96)86(95)85(94)82(78-90)99-88)81(91)74-70-66-62-58-54-50-46-18-16-14-12-10-8-6-4-2/h70,74,80-82,85-88,90-91,94-96H,3-69,71-73,75-79H2,1-2H3,(H,89,92)/b74-70+. The number of carbonyl (C=O) groups is 2. The lowest BCUT2D eigenvalue weighted by molar-refractivity contribution is -0.302. The maximum atomic E-state index is 13.1. The number of hydrogen-bond donors (Lipinski definition) is 6. The van der Waals surface area contributed by atoms with Crippen molar-refractivity contribution in [2.24, 2.45) is 0 Å². The Morgan fingerprint density at radius 3 is 0.939 bits per heavy atom. The molecular weight excluding hydrogens is 1230 g/mol. The maximum Gasteiger partial charge on any atom is 0.305 e. The van der Waals surface area contributed by atoms with Crippen molar-refractivity contribution in [3.8, 4) is 0 Å². The molecule has 7 atom stereocenters. The first-order chi connectivity index (χ1) is 48.7. The summed E-state index contributed by atoms with van der Waals surface area (Å²) < 4.78 is 16.8. The highest BCUT2D eigenvalue weighted by Gasteiger charge is 2.44. The number of esters is 1. The normalized spacial score (nSPS) is 17.1. The Bertz CT molecular complexity index is 1650. The van der Waals surface area contributed by atoms with Gasteiger partial charge < -0.3 is 45.1 Å². The Balaban J connectivity index is 1.86. The van der Waals surface area contributed by atoms with Crippen molar-refractivity contribution in [3.05, 3.63) is 12.2 Å². The smallest absolute Gasteiger partial charge is 0.305 e. The van der Waals surface area contributed by atoms with Gasteiger partial charge in [0.2, 0.25) is 5.91 Å². The lowest BCUT2D eigenvalue weighted by atomic mass is 9.99. The molecule has 1 aliphatic rings. The Morgan fingerprint density at radius 2 is 0.636 bits per heavy atom. The molecule has 0 radical (unpaired) electrons. The Labute approximate surface area is 614 Å². The molecule has 0 aromatic heterocycles. The zero-order valence-electron chi connectivity index (χ0n) is 66.0. The molecule has 6 N–H and O–H groups in total. The summed E-state index contributed by atoms with van der Waals surface area (Å²) in [6.45, 7) is 4.43. The summed E-state index contributed by atoms with van der Waals surface area (Å²) in [5.41, 5.74) is 0. The quantitative estimate of drug-likeness (QED) is 0.0195. The van der Waals surface area contributed by atoms with Crippen LogP contribution in [0.3, 0.4) is 0 Å². The highest BCUT2D eigenvalue weighted by atomic mass is 16.7. The van der Waals surface area contributed by atoms with Crippen LogP contribution in [-0.4, -0.2) is 100 Å². The molecule has 0 aromatic rings. The van der Waals surface area contributed by atoms with E-state index < -0.39 is 49.5 Å². The highest BCUT2D eigenvalue weighted by Crippen LogP contribution is 2.25. The largest absolute Gasteiger partial charge is 0.466 e. The molecule has 1 amide bonds. The number of hydrogen-bond acceptors (Lipinski definition) is 10. The minimum atomic E-state index is -1.57. The van der Waals surface area contributed by atoms with E-state index in [9.17, 15) is 35.1 Å². The second kappa shape index (κ2) is 77.5. The average Bonchev–Trinajstić information content (AvgIpc) is 0.834. The van der Waals surface area contributed by atoms with Gasteiger partial charge in [0.25, 0.3) is 0 Å². The van der Waals surface area contributed by atoms with E-state index in [1.807, 2.05) is 6.08 Å². The molecule has 1 rings (SSSR count). The minimum Gasteiger partial charge on any atom is -0.466 e. The van der Waals surface area contributed by atoms with Gasteiger partial charge in [0.15, 0.2) is 6.29 Å². The van der Waals surface area contributed by atoms with E-state index in [2.05, 4.69) is 19.2 Å². The average molecular weight is 1400 g/mol. The lowest BCUT2D eigenvalue weighted by Crippen LogP contribution is -2.60. The van der Waals surface area contributed by atoms with E-state index in [0.717, 1.165) is 51.4 Å². The summed E-state index contributed by atoms with van der Waals surface area (Å²) in [5.74, 6) is -0.147. The summed E-state index contributed by atoms with van der Waals surface area (Å²) in [5, 5.41) is 54.7. The van der Waals surface area contributed by atoms with Crippen LogP contribution in [0, 0.1) is 0 Å². The molecule has 1 aliphatic heterocycles. The van der Waals surface area contributed by atoms with Gasteiger partial charge in [-0.05, 0) is 32.1 Å². The molecule has 11 nitrogen and oxygen atoms in total. The Hall–Kier alpha value is -1.60. The topological polar surface area (TPSA) is 175 Å². The maximum absolute atomic E-state index is 13.1. The van der Waals surface area contributed by atoms with E-state index in [0.29, 0.717) is 19.4 Å². The third-order valence-electron chi connectivity index (χ3n) is 21.7. The molecule has 0 spiro atoms. The van der Waals surface area contributed by atoms with Gasteiger partial charge in [-0.3, -0.25) is 9.59 Å². The van der Waals surface area contributed by atoms with E-state index in [1.165, 1.54) is 398 Å². The molecule has 0 saturated carbocycles. The number of rotatable bonds is 81. The minimum absolute atomic E-state index is 0.0238. The number of ether oxygens (including phenoxy) is 3. The van der Waals surface area contributed by atoms with Gasteiger partial charge in [0, 0.05) is 12.8 Å². The third-order valence-corrected chi connectivity index (χ3v) is 21.7. The van der Waals surface area contributed by atoms with Gasteiger partial charge in [0.05, 0.1) is 32.0 Å². The fourth-order valence-corrected chi connectivity index (χ4v) is 14.7. The molecule has 99 heavy (non-hydrogen) atoms. The molecule has 1 heterocycles. The van der Waals surface area contributed by atoms with E-state index in [4.69, 9.17) is 14.2 Å². The van der Waals surface area contributed by atoms with Crippen LogP contribution in [0.1, 0.15) is 476 Å². The number of carbonyl (C=O) groups excluding carboxylic acids is 2. The summed E-state index contributed by atoms with van der Waals surface area (Å²) in [6, 6.07) is -0.805. The van der Waals surface area contributed by atoms with Crippen LogP contribution in [0.5, 0.6) is 0 Å². The van der Waals surface area contributed by atoms with Crippen LogP contribution in [0.2, 0.25) is 0 Å². The molecule has 588 valence electrons. The van der Waals surface area contributed by atoms with Gasteiger partial charge in [-0.2, -0.15) is 0 Å². The SMILES string of the molecule is CCCCCCCCCCCCCCC/C=C/C(O)C(COC1OC(CO)C(O)C(O)C1O)NC(=O)CCCCCCCCCCCCCCCCCCCCCCCCCCCCCCCCCCCCCCCCCOC(=O)CCCCCCCCCCCCCCCCCCC. The molecule has 7 unspecified atom stereocenters. The number of allylic oxidation sites excluding steroid dienone is 1. The van der Waals surface area contributed by atoms with Gasteiger partial charge in [0.1, 0.15) is 24.4 Å². The van der Waals surface area contributed by atoms with Crippen molar-refractivity contribution in [3.63, 3.8) is 0 Å². The van der Waals surface area contributed by atoms with E-state index in [1.54, 1.807) is 6.08 Å². The van der Waals surface area contributed by atoms with Crippen molar-refractivity contribution in [2.75, 3.05) is 19.8 Å². The fourth-order valence-electron chi connectivity index (χ4n) is 14.7. The zero-order chi connectivity index (χ0) is 71.5. The van der Waals surface area contributed by atoms with Crippen LogP contribution in [-0.2, 0) is 23.8 Å². The first-order valence-electron chi connectivity index (χ1n) is 44.5. The van der Waals surface area contributed by atoms with Crippen molar-refractivity contribution in [1.29, 1.82) is 0 Å². The van der Waals surface area contributed by atoms with Crippen LogP contribution in [0.4, 0.5) is 0 Å². The molecule has 0 aliphatic carbocycles. The molecular formula is C88H171NO10. The van der Waals surface area contributed by atoms with E-state index >= 15 is 0 Å². The molecule has 1 saturated heterocycles. The van der Waals surface area contributed by atoms with Gasteiger partial charge in [-0.15, -0.1) is 0 Å². The van der Waals surface area contributed by atoms with Crippen LogP contribution in [0.15, 0.2) is 12.2 Å². The molecule has 11 heteroatoms. The molecule has 0 bridgehead atoms. The van der Waals surface area contributed by atoms with Crippen LogP contribution >= 0.6 is 0 Å². The van der Waals surface area contributed by atoms with Gasteiger partial charge in [-0.1, -0.05) is 443 Å². The fraction of sp³-hybridized carbons (Fsp3) is 0.955. The predicted octanol–water partition coefficient (Wildman–Crippen LogP) is 24.9. The summed E-state index contributed by atoms with van der Waals surface area (Å²) in [4.78, 5) is 25.3. The van der Waals surface area contributed by atoms with Crippen LogP contribution in [0.25, 0.3) is 0 Å². The summed E-state index contributed by atoms with van der Waals surface area (Å²) >= 11 is 0. The number of nitrogens with one attached hydrogen (secondary N) is 1.